The van der Waals surface area contributed by atoms with E-state index >= 15 is 0 Å². The van der Waals surface area contributed by atoms with Crippen LogP contribution < -0.4 is 5.32 Å². The Kier molecular flexibility index (Phi) is 9.03. The number of nitrogens with one attached hydrogen (secondary N) is 1. The van der Waals surface area contributed by atoms with E-state index in [1.54, 1.807) is 17.0 Å². The minimum absolute atomic E-state index is 0.0784. The number of halogens is 1. The maximum Gasteiger partial charge on any atom is 0.242 e. The van der Waals surface area contributed by atoms with Crippen molar-refractivity contribution in [2.75, 3.05) is 6.54 Å². The minimum Gasteiger partial charge on any atom is -0.355 e. The summed E-state index contributed by atoms with van der Waals surface area (Å²) in [7, 11) is 0. The summed E-state index contributed by atoms with van der Waals surface area (Å²) in [4.78, 5) is 27.3. The average molecular weight is 413 g/mol. The van der Waals surface area contributed by atoms with E-state index in [-0.39, 0.29) is 24.2 Å². The summed E-state index contributed by atoms with van der Waals surface area (Å²) in [6, 6.07) is 13.8. The van der Waals surface area contributed by atoms with Crippen molar-refractivity contribution in [3.8, 4) is 0 Å². The van der Waals surface area contributed by atoms with Gasteiger partial charge in [0.25, 0.3) is 0 Å². The number of carbonyl (C=O) groups is 2. The van der Waals surface area contributed by atoms with Gasteiger partial charge >= 0.3 is 0 Å². The number of hydrogen-bond donors (Lipinski definition) is 1. The van der Waals surface area contributed by atoms with Gasteiger partial charge in [-0.2, -0.15) is 0 Å². The standard InChI is InChI=1S/C25H33FN2O2/c1-5-23(25(30)27-6-2)28(17-20-9-14-22(26)15-10-20)24(29)16-11-19-7-12-21(13-8-19)18(3)4/h7-10,12-15,18,23H,5-6,11,16-17H2,1-4H3,(H,27,30)/t23-/m0/s1. The molecule has 0 saturated carbocycles. The van der Waals surface area contributed by atoms with Crippen LogP contribution in [0.1, 0.15) is 63.1 Å². The molecule has 1 atom stereocenters. The first-order chi connectivity index (χ1) is 14.3. The van der Waals surface area contributed by atoms with Gasteiger partial charge in [-0.05, 0) is 54.5 Å². The van der Waals surface area contributed by atoms with Gasteiger partial charge in [0.15, 0.2) is 0 Å². The van der Waals surface area contributed by atoms with Crippen molar-refractivity contribution in [1.29, 1.82) is 0 Å². The predicted octanol–water partition coefficient (Wildman–Crippen LogP) is 4.83. The molecule has 2 aromatic rings. The Labute approximate surface area is 179 Å². The van der Waals surface area contributed by atoms with E-state index in [1.807, 2.05) is 13.8 Å². The fourth-order valence-corrected chi connectivity index (χ4v) is 3.46. The van der Waals surface area contributed by atoms with Crippen molar-refractivity contribution in [1.82, 2.24) is 10.2 Å². The maximum atomic E-state index is 13.3. The Hall–Kier alpha value is -2.69. The van der Waals surface area contributed by atoms with Gasteiger partial charge in [0.1, 0.15) is 11.9 Å². The van der Waals surface area contributed by atoms with Crippen molar-refractivity contribution in [2.24, 2.45) is 0 Å². The van der Waals surface area contributed by atoms with E-state index in [0.717, 1.165) is 11.1 Å². The number of rotatable bonds is 10. The molecule has 0 fully saturated rings. The van der Waals surface area contributed by atoms with Crippen LogP contribution in [0.3, 0.4) is 0 Å². The lowest BCUT2D eigenvalue weighted by atomic mass is 10.00. The summed E-state index contributed by atoms with van der Waals surface area (Å²) < 4.78 is 13.3. The van der Waals surface area contributed by atoms with Gasteiger partial charge in [0, 0.05) is 19.5 Å². The minimum atomic E-state index is -0.550. The number of amides is 2. The first-order valence-electron chi connectivity index (χ1n) is 10.8. The third kappa shape index (κ3) is 6.68. The second-order valence-corrected chi connectivity index (χ2v) is 7.86. The SMILES string of the molecule is CCNC(=O)[C@H](CC)N(Cc1ccc(F)cc1)C(=O)CCc1ccc(C(C)C)cc1. The maximum absolute atomic E-state index is 13.3. The van der Waals surface area contributed by atoms with Crippen LogP contribution in [0.5, 0.6) is 0 Å². The molecule has 1 N–H and O–H groups in total. The van der Waals surface area contributed by atoms with Crippen LogP contribution in [-0.2, 0) is 22.6 Å². The Morgan fingerprint density at radius 3 is 2.10 bits per heavy atom. The van der Waals surface area contributed by atoms with Crippen molar-refractivity contribution in [3.63, 3.8) is 0 Å². The molecule has 0 unspecified atom stereocenters. The zero-order chi connectivity index (χ0) is 22.1. The van der Waals surface area contributed by atoms with Crippen LogP contribution in [-0.4, -0.2) is 29.3 Å². The van der Waals surface area contributed by atoms with E-state index in [1.165, 1.54) is 17.7 Å². The molecule has 0 aliphatic heterocycles. The second kappa shape index (κ2) is 11.5. The Bertz CT molecular complexity index is 816. The fraction of sp³-hybridized carbons (Fsp3) is 0.440. The van der Waals surface area contributed by atoms with Crippen LogP contribution in [0.25, 0.3) is 0 Å². The molecule has 0 aliphatic carbocycles. The van der Waals surface area contributed by atoms with Crippen molar-refractivity contribution < 1.29 is 14.0 Å². The molecule has 0 bridgehead atoms. The number of hydrogen-bond acceptors (Lipinski definition) is 2. The zero-order valence-electron chi connectivity index (χ0n) is 18.5. The fourth-order valence-electron chi connectivity index (χ4n) is 3.46. The van der Waals surface area contributed by atoms with Crippen molar-refractivity contribution >= 4 is 11.8 Å². The molecule has 2 rings (SSSR count). The average Bonchev–Trinajstić information content (AvgIpc) is 2.73. The highest BCUT2D eigenvalue weighted by Gasteiger charge is 2.28. The third-order valence-electron chi connectivity index (χ3n) is 5.28. The van der Waals surface area contributed by atoms with Crippen molar-refractivity contribution in [3.05, 3.63) is 71.0 Å². The van der Waals surface area contributed by atoms with Crippen LogP contribution in [0.2, 0.25) is 0 Å². The highest BCUT2D eigenvalue weighted by molar-refractivity contribution is 5.87. The topological polar surface area (TPSA) is 49.4 Å². The predicted molar refractivity (Wildman–Crippen MR) is 119 cm³/mol. The number of likely N-dealkylation sites (N-methyl/N-ethyl adjacent to an activating group) is 1. The number of carbonyl (C=O) groups excluding carboxylic acids is 2. The van der Waals surface area contributed by atoms with Gasteiger partial charge in [-0.25, -0.2) is 4.39 Å². The monoisotopic (exact) mass is 412 g/mol. The summed E-state index contributed by atoms with van der Waals surface area (Å²) in [6.45, 7) is 8.85. The van der Waals surface area contributed by atoms with Gasteiger partial charge in [0.05, 0.1) is 0 Å². The Morgan fingerprint density at radius 2 is 1.57 bits per heavy atom. The Morgan fingerprint density at radius 1 is 0.967 bits per heavy atom. The van der Waals surface area contributed by atoms with Crippen LogP contribution in [0, 0.1) is 5.82 Å². The summed E-state index contributed by atoms with van der Waals surface area (Å²) in [5.74, 6) is -0.0892. The first kappa shape index (κ1) is 23.6. The quantitative estimate of drug-likeness (QED) is 0.608. The van der Waals surface area contributed by atoms with Gasteiger partial charge in [-0.15, -0.1) is 0 Å². The van der Waals surface area contributed by atoms with Crippen LogP contribution >= 0.6 is 0 Å². The lowest BCUT2D eigenvalue weighted by Crippen LogP contribution is -2.49. The van der Waals surface area contributed by atoms with Crippen LogP contribution in [0.4, 0.5) is 4.39 Å². The molecular formula is C25H33FN2O2. The molecule has 0 heterocycles. The molecule has 162 valence electrons. The van der Waals surface area contributed by atoms with E-state index in [9.17, 15) is 14.0 Å². The summed E-state index contributed by atoms with van der Waals surface area (Å²) in [5.41, 5.74) is 3.17. The largest absolute Gasteiger partial charge is 0.355 e. The van der Waals surface area contributed by atoms with Gasteiger partial charge in [0.2, 0.25) is 11.8 Å². The van der Waals surface area contributed by atoms with Gasteiger partial charge in [-0.3, -0.25) is 9.59 Å². The highest BCUT2D eigenvalue weighted by Crippen LogP contribution is 2.18. The molecule has 2 amide bonds. The second-order valence-electron chi connectivity index (χ2n) is 7.86. The third-order valence-corrected chi connectivity index (χ3v) is 5.28. The Balaban J connectivity index is 2.15. The van der Waals surface area contributed by atoms with E-state index in [0.29, 0.717) is 31.7 Å². The molecule has 0 aromatic heterocycles. The number of nitrogens with zero attached hydrogens (tertiary/aromatic N) is 1. The number of aryl methyl sites for hydroxylation is 1. The molecule has 4 nitrogen and oxygen atoms in total. The molecular weight excluding hydrogens is 379 g/mol. The van der Waals surface area contributed by atoms with E-state index in [4.69, 9.17) is 0 Å². The van der Waals surface area contributed by atoms with Gasteiger partial charge in [-0.1, -0.05) is 57.2 Å². The molecule has 30 heavy (non-hydrogen) atoms. The number of benzene rings is 2. The van der Waals surface area contributed by atoms with Gasteiger partial charge < -0.3 is 10.2 Å². The van der Waals surface area contributed by atoms with Crippen molar-refractivity contribution in [2.45, 2.75) is 65.5 Å². The summed E-state index contributed by atoms with van der Waals surface area (Å²) in [6.07, 6.45) is 1.45. The smallest absolute Gasteiger partial charge is 0.242 e. The summed E-state index contributed by atoms with van der Waals surface area (Å²) >= 11 is 0. The first-order valence-corrected chi connectivity index (χ1v) is 10.8. The zero-order valence-corrected chi connectivity index (χ0v) is 18.5. The summed E-state index contributed by atoms with van der Waals surface area (Å²) in [5, 5.41) is 2.82. The van der Waals surface area contributed by atoms with E-state index in [2.05, 4.69) is 43.4 Å². The lowest BCUT2D eigenvalue weighted by molar-refractivity contribution is -0.141. The normalized spacial score (nSPS) is 11.9. The highest BCUT2D eigenvalue weighted by atomic mass is 19.1. The van der Waals surface area contributed by atoms with E-state index < -0.39 is 6.04 Å². The molecule has 0 spiro atoms. The molecule has 5 heteroatoms. The molecule has 2 aromatic carbocycles. The molecule has 0 aliphatic rings. The lowest BCUT2D eigenvalue weighted by Gasteiger charge is -2.30. The van der Waals surface area contributed by atoms with Crippen LogP contribution in [0.15, 0.2) is 48.5 Å². The molecule has 0 radical (unpaired) electrons. The molecule has 0 saturated heterocycles.